The van der Waals surface area contributed by atoms with Crippen molar-refractivity contribution in [1.82, 2.24) is 10.2 Å². The van der Waals surface area contributed by atoms with Crippen LogP contribution in [-0.2, 0) is 4.79 Å². The third-order valence-electron chi connectivity index (χ3n) is 3.80. The number of fused-ring (bicyclic) bond motifs is 1. The Morgan fingerprint density at radius 3 is 2.83 bits per heavy atom. The number of nitrogens with zero attached hydrogens (tertiary/aromatic N) is 2. The second-order valence-corrected chi connectivity index (χ2v) is 6.09. The van der Waals surface area contributed by atoms with E-state index < -0.39 is 0 Å². The third kappa shape index (κ3) is 3.33. The molecule has 2 heterocycles. The van der Waals surface area contributed by atoms with Crippen molar-refractivity contribution < 1.29 is 19.1 Å². The molecule has 3 amide bonds. The second-order valence-electron chi connectivity index (χ2n) is 6.09. The van der Waals surface area contributed by atoms with Crippen LogP contribution in [0.5, 0.6) is 11.5 Å². The Balaban J connectivity index is 1.61. The summed E-state index contributed by atoms with van der Waals surface area (Å²) in [4.78, 5) is 27.6. The Bertz CT molecular complexity index is 617. The lowest BCUT2D eigenvalue weighted by atomic mass is 10.2. The number of carbonyl (C=O) groups excluding carboxylic acids is 2. The normalized spacial score (nSPS) is 16.4. The maximum Gasteiger partial charge on any atom is 0.325 e. The molecule has 0 aromatic heterocycles. The van der Waals surface area contributed by atoms with E-state index in [2.05, 4.69) is 5.32 Å². The highest BCUT2D eigenvalue weighted by molar-refractivity contribution is 5.96. The number of urea groups is 1. The van der Waals surface area contributed by atoms with Crippen LogP contribution < -0.4 is 19.7 Å². The average Bonchev–Trinajstić information content (AvgIpc) is 3.12. The lowest BCUT2D eigenvalue weighted by Gasteiger charge is -2.19. The first-order valence-corrected chi connectivity index (χ1v) is 7.77. The zero-order chi connectivity index (χ0) is 16.4. The smallest absolute Gasteiger partial charge is 0.325 e. The van der Waals surface area contributed by atoms with Crippen molar-refractivity contribution in [2.45, 2.75) is 13.8 Å². The van der Waals surface area contributed by atoms with E-state index in [4.69, 9.17) is 9.47 Å². The molecule has 0 aliphatic carbocycles. The van der Waals surface area contributed by atoms with Crippen LogP contribution in [-0.4, -0.2) is 49.8 Å². The van der Waals surface area contributed by atoms with Gasteiger partial charge in [-0.2, -0.15) is 0 Å². The standard InChI is InChI=1S/C16H21N3O4/c1-11(2)8-17-15(20)9-18-5-6-19(16(18)21)12-3-4-13-14(7-12)23-10-22-13/h3-4,7,11H,5-6,8-10H2,1-2H3,(H,17,20). The zero-order valence-electron chi connectivity index (χ0n) is 13.4. The van der Waals surface area contributed by atoms with Crippen LogP contribution in [0.25, 0.3) is 0 Å². The van der Waals surface area contributed by atoms with E-state index in [1.807, 2.05) is 19.9 Å². The summed E-state index contributed by atoms with van der Waals surface area (Å²) in [5.74, 6) is 1.59. The molecule has 23 heavy (non-hydrogen) atoms. The van der Waals surface area contributed by atoms with E-state index >= 15 is 0 Å². The molecule has 124 valence electrons. The summed E-state index contributed by atoms with van der Waals surface area (Å²) in [6, 6.07) is 5.25. The van der Waals surface area contributed by atoms with Gasteiger partial charge in [0.1, 0.15) is 6.54 Å². The van der Waals surface area contributed by atoms with Gasteiger partial charge in [-0.3, -0.25) is 9.69 Å². The lowest BCUT2D eigenvalue weighted by molar-refractivity contribution is -0.121. The number of rotatable bonds is 5. The summed E-state index contributed by atoms with van der Waals surface area (Å²) in [6.45, 7) is 6.05. The number of hydrogen-bond acceptors (Lipinski definition) is 4. The molecule has 0 spiro atoms. The fraction of sp³-hybridized carbons (Fsp3) is 0.500. The minimum absolute atomic E-state index is 0.0899. The van der Waals surface area contributed by atoms with Crippen molar-refractivity contribution in [3.05, 3.63) is 18.2 Å². The van der Waals surface area contributed by atoms with Gasteiger partial charge in [0.25, 0.3) is 0 Å². The van der Waals surface area contributed by atoms with Gasteiger partial charge >= 0.3 is 6.03 Å². The van der Waals surface area contributed by atoms with Gasteiger partial charge in [-0.1, -0.05) is 13.8 Å². The Kier molecular flexibility index (Phi) is 4.27. The van der Waals surface area contributed by atoms with Gasteiger partial charge in [-0.05, 0) is 18.1 Å². The molecule has 1 aromatic rings. The summed E-state index contributed by atoms with van der Waals surface area (Å²) in [5.41, 5.74) is 0.754. The molecule has 7 heteroatoms. The van der Waals surface area contributed by atoms with E-state index in [9.17, 15) is 9.59 Å². The predicted octanol–water partition coefficient (Wildman–Crippen LogP) is 1.43. The monoisotopic (exact) mass is 319 g/mol. The van der Waals surface area contributed by atoms with Crippen LogP contribution in [0.15, 0.2) is 18.2 Å². The number of benzene rings is 1. The second kappa shape index (κ2) is 6.36. The van der Waals surface area contributed by atoms with Crippen molar-refractivity contribution >= 4 is 17.6 Å². The molecule has 1 fully saturated rings. The van der Waals surface area contributed by atoms with E-state index in [0.717, 1.165) is 5.69 Å². The Labute approximate surface area is 135 Å². The summed E-state index contributed by atoms with van der Waals surface area (Å²) in [7, 11) is 0. The van der Waals surface area contributed by atoms with Crippen LogP contribution in [0.2, 0.25) is 0 Å². The van der Waals surface area contributed by atoms with E-state index in [1.54, 1.807) is 21.9 Å². The fourth-order valence-electron chi connectivity index (χ4n) is 2.57. The van der Waals surface area contributed by atoms with Crippen LogP contribution in [0, 0.1) is 5.92 Å². The van der Waals surface area contributed by atoms with Crippen molar-refractivity contribution in [2.75, 3.05) is 37.9 Å². The molecule has 0 radical (unpaired) electrons. The number of anilines is 1. The van der Waals surface area contributed by atoms with E-state index in [-0.39, 0.29) is 25.3 Å². The Hall–Kier alpha value is -2.44. The molecular formula is C16H21N3O4. The molecule has 1 aromatic carbocycles. The third-order valence-corrected chi connectivity index (χ3v) is 3.80. The quantitative estimate of drug-likeness (QED) is 0.891. The molecule has 1 N–H and O–H groups in total. The van der Waals surface area contributed by atoms with Crippen LogP contribution in [0.4, 0.5) is 10.5 Å². The lowest BCUT2D eigenvalue weighted by Crippen LogP contribution is -2.40. The maximum absolute atomic E-state index is 12.5. The maximum atomic E-state index is 12.5. The highest BCUT2D eigenvalue weighted by Crippen LogP contribution is 2.36. The number of hydrogen-bond donors (Lipinski definition) is 1. The molecule has 0 saturated carbocycles. The van der Waals surface area contributed by atoms with Gasteiger partial charge in [0.05, 0.1) is 0 Å². The van der Waals surface area contributed by atoms with Gasteiger partial charge in [0.15, 0.2) is 11.5 Å². The van der Waals surface area contributed by atoms with Crippen LogP contribution >= 0.6 is 0 Å². The van der Waals surface area contributed by atoms with Gasteiger partial charge in [0.2, 0.25) is 12.7 Å². The van der Waals surface area contributed by atoms with Crippen molar-refractivity contribution in [2.24, 2.45) is 5.92 Å². The molecule has 3 rings (SSSR count). The summed E-state index contributed by atoms with van der Waals surface area (Å²) in [6.07, 6.45) is 0. The van der Waals surface area contributed by atoms with Crippen LogP contribution in [0.3, 0.4) is 0 Å². The highest BCUT2D eigenvalue weighted by atomic mass is 16.7. The minimum atomic E-state index is -0.163. The first-order chi connectivity index (χ1) is 11.0. The Morgan fingerprint density at radius 1 is 1.26 bits per heavy atom. The molecule has 0 atom stereocenters. The fourth-order valence-corrected chi connectivity index (χ4v) is 2.57. The number of carbonyl (C=O) groups is 2. The van der Waals surface area contributed by atoms with E-state index in [0.29, 0.717) is 37.1 Å². The SMILES string of the molecule is CC(C)CNC(=O)CN1CCN(c2ccc3c(c2)OCO3)C1=O. The van der Waals surface area contributed by atoms with Crippen LogP contribution in [0.1, 0.15) is 13.8 Å². The number of amides is 3. The first kappa shape index (κ1) is 15.5. The number of ether oxygens (including phenoxy) is 2. The number of nitrogens with one attached hydrogen (secondary N) is 1. The molecule has 0 bridgehead atoms. The van der Waals surface area contributed by atoms with Gasteiger partial charge < -0.3 is 19.7 Å². The zero-order valence-corrected chi connectivity index (χ0v) is 13.4. The largest absolute Gasteiger partial charge is 0.454 e. The van der Waals surface area contributed by atoms with Crippen molar-refractivity contribution in [3.8, 4) is 11.5 Å². The minimum Gasteiger partial charge on any atom is -0.454 e. The first-order valence-electron chi connectivity index (χ1n) is 7.77. The van der Waals surface area contributed by atoms with Crippen molar-refractivity contribution in [1.29, 1.82) is 0 Å². The van der Waals surface area contributed by atoms with Crippen molar-refractivity contribution in [3.63, 3.8) is 0 Å². The molecule has 0 unspecified atom stereocenters. The molecule has 1 saturated heterocycles. The topological polar surface area (TPSA) is 71.1 Å². The van der Waals surface area contributed by atoms with Gasteiger partial charge in [0, 0.05) is 31.4 Å². The molecule has 2 aliphatic rings. The molecule has 7 nitrogen and oxygen atoms in total. The predicted molar refractivity (Wildman–Crippen MR) is 84.7 cm³/mol. The van der Waals surface area contributed by atoms with E-state index in [1.165, 1.54) is 0 Å². The summed E-state index contributed by atoms with van der Waals surface area (Å²) < 4.78 is 10.6. The van der Waals surface area contributed by atoms with Gasteiger partial charge in [-0.15, -0.1) is 0 Å². The van der Waals surface area contributed by atoms with Gasteiger partial charge in [-0.25, -0.2) is 4.79 Å². The highest BCUT2D eigenvalue weighted by Gasteiger charge is 2.31. The summed E-state index contributed by atoms with van der Waals surface area (Å²) >= 11 is 0. The summed E-state index contributed by atoms with van der Waals surface area (Å²) in [5, 5.41) is 2.83. The average molecular weight is 319 g/mol. The molecular weight excluding hydrogens is 298 g/mol. The Morgan fingerprint density at radius 2 is 2.04 bits per heavy atom. The molecule has 2 aliphatic heterocycles.